The maximum atomic E-state index is 14.4. The van der Waals surface area contributed by atoms with Crippen molar-refractivity contribution in [3.63, 3.8) is 0 Å². The summed E-state index contributed by atoms with van der Waals surface area (Å²) in [4.78, 5) is 36.9. The molecule has 2 aromatic carbocycles. The van der Waals surface area contributed by atoms with E-state index in [1.54, 1.807) is 53.0 Å². The number of methoxy groups -OCH3 is 2. The molecular weight excluding hydrogens is 889 g/mol. The molecular formula is C47H22F4N4O4S4. The van der Waals surface area contributed by atoms with Gasteiger partial charge in [0.1, 0.15) is 29.2 Å². The third kappa shape index (κ3) is 6.22. The highest BCUT2D eigenvalue weighted by Gasteiger charge is 2.41. The van der Waals surface area contributed by atoms with Crippen LogP contribution >= 0.6 is 45.3 Å². The van der Waals surface area contributed by atoms with Crippen LogP contribution in [-0.2, 0) is 5.41 Å². The van der Waals surface area contributed by atoms with Gasteiger partial charge in [-0.1, -0.05) is 13.8 Å². The van der Waals surface area contributed by atoms with Crippen LogP contribution in [0.5, 0.6) is 11.5 Å². The van der Waals surface area contributed by atoms with Crippen molar-refractivity contribution in [3.05, 3.63) is 149 Å². The van der Waals surface area contributed by atoms with Gasteiger partial charge in [0.05, 0.1) is 36.6 Å². The monoisotopic (exact) mass is 910 g/mol. The third-order valence-corrected chi connectivity index (χ3v) is 15.9. The van der Waals surface area contributed by atoms with Crippen LogP contribution in [0.3, 0.4) is 0 Å². The fourth-order valence-corrected chi connectivity index (χ4v) is 13.2. The van der Waals surface area contributed by atoms with Gasteiger partial charge < -0.3 is 9.47 Å². The van der Waals surface area contributed by atoms with Crippen molar-refractivity contribution in [2.45, 2.75) is 19.3 Å². The van der Waals surface area contributed by atoms with Crippen molar-refractivity contribution in [3.8, 4) is 59.0 Å². The number of benzene rings is 2. The average Bonchev–Trinajstić information content (AvgIpc) is 4.13. The fourth-order valence-electron chi connectivity index (χ4n) is 8.04. The summed E-state index contributed by atoms with van der Waals surface area (Å²) in [5.41, 5.74) is 0.287. The van der Waals surface area contributed by atoms with E-state index in [9.17, 15) is 42.9 Å². The SMILES string of the molecule is [C-]#[N+]C(C#N)=C1/C(=C/c2cc(OC)c(-c3cc4c(s3)-c3sc(-c5sc(/C=C6\C(=O)c7cc(F)c(F)cc7C6=C(C#N)C#N)cc5OC)cc3C4(C)C)s2)C(=O)c2cc(F)c(F)cc21. The van der Waals surface area contributed by atoms with Gasteiger partial charge in [-0.2, -0.15) is 10.5 Å². The molecule has 0 N–H and O–H groups in total. The Kier molecular flexibility index (Phi) is 9.82. The van der Waals surface area contributed by atoms with E-state index >= 15 is 0 Å². The van der Waals surface area contributed by atoms with Crippen LogP contribution in [0.1, 0.15) is 66.6 Å². The fraction of sp³-hybridized carbons (Fsp3) is 0.106. The summed E-state index contributed by atoms with van der Waals surface area (Å²) in [5.74, 6) is -5.17. The first-order chi connectivity index (χ1) is 30.2. The summed E-state index contributed by atoms with van der Waals surface area (Å²) in [7, 11) is 3.03. The van der Waals surface area contributed by atoms with Crippen LogP contribution in [0.4, 0.5) is 17.6 Å². The number of hydrogen-bond acceptors (Lipinski definition) is 11. The van der Waals surface area contributed by atoms with Crippen LogP contribution < -0.4 is 9.47 Å². The van der Waals surface area contributed by atoms with E-state index in [4.69, 9.17) is 16.0 Å². The quantitative estimate of drug-likeness (QED) is 0.0704. The molecule has 0 unspecified atom stereocenters. The number of hydrogen-bond donors (Lipinski definition) is 0. The van der Waals surface area contributed by atoms with Crippen LogP contribution in [0.15, 0.2) is 70.9 Å². The lowest BCUT2D eigenvalue weighted by molar-refractivity contribution is 0.103. The van der Waals surface area contributed by atoms with E-state index in [1.165, 1.54) is 49.0 Å². The van der Waals surface area contributed by atoms with Crippen LogP contribution in [-0.4, -0.2) is 25.8 Å². The van der Waals surface area contributed by atoms with Crippen LogP contribution in [0.2, 0.25) is 0 Å². The largest absolute Gasteiger partial charge is 0.495 e. The summed E-state index contributed by atoms with van der Waals surface area (Å²) >= 11 is 5.72. The number of ketones is 2. The number of rotatable bonds is 6. The van der Waals surface area contributed by atoms with Gasteiger partial charge in [0.15, 0.2) is 34.8 Å². The lowest BCUT2D eigenvalue weighted by Crippen LogP contribution is -2.13. The molecule has 306 valence electrons. The molecule has 0 atom stereocenters. The second-order valence-corrected chi connectivity index (χ2v) is 19.0. The van der Waals surface area contributed by atoms with E-state index in [2.05, 4.69) is 30.8 Å². The van der Waals surface area contributed by atoms with Gasteiger partial charge in [0.25, 0.3) is 5.70 Å². The van der Waals surface area contributed by atoms with Gasteiger partial charge in [-0.3, -0.25) is 9.59 Å². The Hall–Kier alpha value is -7.18. The van der Waals surface area contributed by atoms with E-state index < -0.39 is 51.5 Å². The Balaban J connectivity index is 1.09. The molecule has 0 amide bonds. The van der Waals surface area contributed by atoms with E-state index in [-0.39, 0.29) is 44.5 Å². The summed E-state index contributed by atoms with van der Waals surface area (Å²) in [6, 6.07) is 16.2. The summed E-state index contributed by atoms with van der Waals surface area (Å²) in [5, 5.41) is 29.2. The Morgan fingerprint density at radius 1 is 0.619 bits per heavy atom. The Bertz CT molecular complexity index is 3180. The number of ether oxygens (including phenoxy) is 2. The predicted molar refractivity (Wildman–Crippen MR) is 234 cm³/mol. The topological polar surface area (TPSA) is 128 Å². The van der Waals surface area contributed by atoms with Crippen LogP contribution in [0, 0.1) is 63.8 Å². The first kappa shape index (κ1) is 41.2. The summed E-state index contributed by atoms with van der Waals surface area (Å²) in [6.07, 6.45) is 3.00. The molecule has 16 heteroatoms. The molecule has 63 heavy (non-hydrogen) atoms. The van der Waals surface area contributed by atoms with Crippen molar-refractivity contribution in [2.75, 3.05) is 14.2 Å². The van der Waals surface area contributed by atoms with E-state index in [0.717, 1.165) is 64.7 Å². The van der Waals surface area contributed by atoms with E-state index in [0.29, 0.717) is 21.3 Å². The second-order valence-electron chi connectivity index (χ2n) is 14.7. The number of fused-ring (bicyclic) bond motifs is 5. The van der Waals surface area contributed by atoms with E-state index in [1.807, 2.05) is 0 Å². The lowest BCUT2D eigenvalue weighted by Gasteiger charge is -2.19. The number of thiophene rings is 4. The molecule has 4 aromatic heterocycles. The molecule has 9 rings (SSSR count). The van der Waals surface area contributed by atoms with Gasteiger partial charge in [-0.05, 0) is 82.9 Å². The Labute approximate surface area is 371 Å². The summed E-state index contributed by atoms with van der Waals surface area (Å²) < 4.78 is 68.8. The van der Waals surface area contributed by atoms with Gasteiger partial charge in [-0.15, -0.1) is 45.3 Å². The Morgan fingerprint density at radius 3 is 1.43 bits per heavy atom. The van der Waals surface area contributed by atoms with Gasteiger partial charge in [0.2, 0.25) is 0 Å². The highest BCUT2D eigenvalue weighted by atomic mass is 32.1. The molecule has 0 aliphatic heterocycles. The van der Waals surface area contributed by atoms with Crippen molar-refractivity contribution >= 4 is 80.2 Å². The molecule has 8 nitrogen and oxygen atoms in total. The Morgan fingerprint density at radius 2 is 1.03 bits per heavy atom. The molecule has 6 aromatic rings. The average molecular weight is 911 g/mol. The molecule has 0 saturated heterocycles. The molecule has 3 aliphatic carbocycles. The minimum absolute atomic E-state index is 0.0282. The molecule has 0 radical (unpaired) electrons. The number of carbonyl (C=O) groups is 2. The highest BCUT2D eigenvalue weighted by molar-refractivity contribution is 7.29. The number of nitrogens with zero attached hydrogens (tertiary/aromatic N) is 4. The lowest BCUT2D eigenvalue weighted by atomic mass is 9.84. The minimum atomic E-state index is -1.23. The van der Waals surface area contributed by atoms with Gasteiger partial charge in [0, 0.05) is 68.1 Å². The molecule has 0 saturated carbocycles. The van der Waals surface area contributed by atoms with Crippen molar-refractivity contribution in [2.24, 2.45) is 0 Å². The summed E-state index contributed by atoms with van der Waals surface area (Å²) in [6.45, 7) is 11.8. The van der Waals surface area contributed by atoms with Gasteiger partial charge >= 0.3 is 0 Å². The molecule has 0 fully saturated rings. The van der Waals surface area contributed by atoms with Crippen molar-refractivity contribution in [1.82, 2.24) is 0 Å². The van der Waals surface area contributed by atoms with Crippen molar-refractivity contribution < 1.29 is 36.6 Å². The first-order valence-corrected chi connectivity index (χ1v) is 21.7. The number of Topliss-reactive ketones (excluding diaryl/α,β-unsaturated/α-hetero) is 2. The first-order valence-electron chi connectivity index (χ1n) is 18.4. The van der Waals surface area contributed by atoms with Crippen molar-refractivity contribution in [1.29, 1.82) is 15.8 Å². The number of allylic oxidation sites excluding steroid dienone is 6. The zero-order valence-corrected chi connectivity index (χ0v) is 36.1. The smallest absolute Gasteiger partial charge is 0.270 e. The molecule has 0 bridgehead atoms. The minimum Gasteiger partial charge on any atom is -0.495 e. The molecule has 4 heterocycles. The number of nitriles is 3. The maximum Gasteiger partial charge on any atom is 0.270 e. The standard InChI is InChI=1S/C47H22F4N4O4S4/c1-47(2)28-14-37(45-35(58-4)8-20(60-45)6-26-39(19(16-52)17-53)22-10-30(48)32(50)12-24(22)41(26)56)62-43(28)44-29(47)15-38(63-44)46-36(59-5)9-21(61-46)7-27-40(34(18-54)55-3)23-11-31(49)33(51)13-25(23)42(27)57/h6-15H,1-2,4-5H3/b26-6-,27-7-,40-34?. The molecule has 0 spiro atoms. The number of halogens is 4. The zero-order valence-electron chi connectivity index (χ0n) is 32.8. The van der Waals surface area contributed by atoms with Gasteiger partial charge in [-0.25, -0.2) is 27.7 Å². The van der Waals surface area contributed by atoms with Crippen LogP contribution in [0.25, 0.3) is 57.4 Å². The third-order valence-electron chi connectivity index (χ3n) is 11.0. The molecule has 3 aliphatic rings. The zero-order chi connectivity index (χ0) is 44.8. The second kappa shape index (κ2) is 15.0. The maximum absolute atomic E-state index is 14.4. The normalized spacial score (nSPS) is 16.3. The number of carbonyl (C=O) groups excluding carboxylic acids is 2. The highest BCUT2D eigenvalue weighted by Crippen LogP contribution is 2.60. The predicted octanol–water partition coefficient (Wildman–Crippen LogP) is 12.7.